The standard InChI is InChI=1S/C12H20N2S/c1-9(11-5-3-4-6-11)14-10(2)12-13-7-8-15-12/h7-11,14H,3-6H2,1-2H3. The third-order valence-electron chi connectivity index (χ3n) is 3.44. The van der Waals surface area contributed by atoms with Crippen LogP contribution in [0, 0.1) is 5.92 Å². The Labute approximate surface area is 96.1 Å². The van der Waals surface area contributed by atoms with Crippen LogP contribution in [0.1, 0.15) is 50.6 Å². The molecule has 0 aliphatic heterocycles. The van der Waals surface area contributed by atoms with Crippen molar-refractivity contribution in [3.8, 4) is 0 Å². The van der Waals surface area contributed by atoms with Gasteiger partial charge in [-0.25, -0.2) is 4.98 Å². The molecule has 1 aliphatic rings. The zero-order valence-electron chi connectivity index (χ0n) is 9.57. The molecule has 2 nitrogen and oxygen atoms in total. The second kappa shape index (κ2) is 5.08. The third kappa shape index (κ3) is 2.79. The summed E-state index contributed by atoms with van der Waals surface area (Å²) in [5, 5.41) is 6.93. The van der Waals surface area contributed by atoms with Gasteiger partial charge in [-0.3, -0.25) is 0 Å². The summed E-state index contributed by atoms with van der Waals surface area (Å²) in [6.07, 6.45) is 7.53. The van der Waals surface area contributed by atoms with Gasteiger partial charge >= 0.3 is 0 Å². The average Bonchev–Trinajstić information content (AvgIpc) is 2.91. The zero-order valence-corrected chi connectivity index (χ0v) is 10.4. The van der Waals surface area contributed by atoms with Gasteiger partial charge in [0, 0.05) is 17.6 Å². The van der Waals surface area contributed by atoms with E-state index < -0.39 is 0 Å². The molecule has 1 saturated carbocycles. The van der Waals surface area contributed by atoms with Gasteiger partial charge in [-0.1, -0.05) is 12.8 Å². The Bertz CT molecular complexity index is 278. The molecule has 15 heavy (non-hydrogen) atoms. The van der Waals surface area contributed by atoms with E-state index in [2.05, 4.69) is 24.1 Å². The first kappa shape index (κ1) is 11.1. The van der Waals surface area contributed by atoms with E-state index >= 15 is 0 Å². The second-order valence-electron chi connectivity index (χ2n) is 4.59. The molecule has 1 heterocycles. The van der Waals surface area contributed by atoms with E-state index in [1.807, 2.05) is 11.6 Å². The lowest BCUT2D eigenvalue weighted by atomic mass is 9.99. The molecule has 3 heteroatoms. The molecule has 0 spiro atoms. The number of nitrogens with one attached hydrogen (secondary N) is 1. The first-order valence-electron chi connectivity index (χ1n) is 5.93. The number of nitrogens with zero attached hydrogens (tertiary/aromatic N) is 1. The van der Waals surface area contributed by atoms with Crippen molar-refractivity contribution in [3.63, 3.8) is 0 Å². The van der Waals surface area contributed by atoms with Crippen LogP contribution in [-0.4, -0.2) is 11.0 Å². The van der Waals surface area contributed by atoms with Gasteiger partial charge in [0.2, 0.25) is 0 Å². The van der Waals surface area contributed by atoms with E-state index in [9.17, 15) is 0 Å². The van der Waals surface area contributed by atoms with Gasteiger partial charge in [-0.15, -0.1) is 11.3 Å². The van der Waals surface area contributed by atoms with Crippen molar-refractivity contribution >= 4 is 11.3 Å². The smallest absolute Gasteiger partial charge is 0.109 e. The van der Waals surface area contributed by atoms with Gasteiger partial charge in [0.15, 0.2) is 0 Å². The average molecular weight is 224 g/mol. The van der Waals surface area contributed by atoms with Crippen LogP contribution in [0.15, 0.2) is 11.6 Å². The predicted molar refractivity (Wildman–Crippen MR) is 65.1 cm³/mol. The van der Waals surface area contributed by atoms with Crippen molar-refractivity contribution in [2.24, 2.45) is 5.92 Å². The molecule has 1 fully saturated rings. The maximum Gasteiger partial charge on any atom is 0.109 e. The number of rotatable bonds is 4. The van der Waals surface area contributed by atoms with E-state index in [1.165, 1.54) is 30.7 Å². The van der Waals surface area contributed by atoms with Gasteiger partial charge in [-0.05, 0) is 32.6 Å². The first-order chi connectivity index (χ1) is 7.27. The van der Waals surface area contributed by atoms with Crippen LogP contribution in [0.4, 0.5) is 0 Å². The molecule has 1 aromatic rings. The largest absolute Gasteiger partial charge is 0.305 e. The van der Waals surface area contributed by atoms with Gasteiger partial charge in [0.25, 0.3) is 0 Å². The number of hydrogen-bond donors (Lipinski definition) is 1. The highest BCUT2D eigenvalue weighted by molar-refractivity contribution is 7.09. The fraction of sp³-hybridized carbons (Fsp3) is 0.750. The summed E-state index contributed by atoms with van der Waals surface area (Å²) >= 11 is 1.74. The molecule has 1 N–H and O–H groups in total. The molecule has 84 valence electrons. The van der Waals surface area contributed by atoms with E-state index in [4.69, 9.17) is 0 Å². The molecule has 2 atom stereocenters. The minimum Gasteiger partial charge on any atom is -0.305 e. The minimum atomic E-state index is 0.403. The maximum atomic E-state index is 4.35. The van der Waals surface area contributed by atoms with Crippen molar-refractivity contribution in [3.05, 3.63) is 16.6 Å². The summed E-state index contributed by atoms with van der Waals surface area (Å²) in [7, 11) is 0. The van der Waals surface area contributed by atoms with Crippen LogP contribution in [0.3, 0.4) is 0 Å². The Kier molecular flexibility index (Phi) is 3.76. The molecule has 1 aliphatic carbocycles. The van der Waals surface area contributed by atoms with Gasteiger partial charge in [0.1, 0.15) is 5.01 Å². The highest BCUT2D eigenvalue weighted by Crippen LogP contribution is 2.28. The lowest BCUT2D eigenvalue weighted by Gasteiger charge is -2.23. The molecule has 0 bridgehead atoms. The third-order valence-corrected chi connectivity index (χ3v) is 4.40. The van der Waals surface area contributed by atoms with Crippen molar-refractivity contribution in [1.82, 2.24) is 10.3 Å². The molecule has 0 aromatic carbocycles. The highest BCUT2D eigenvalue weighted by Gasteiger charge is 2.23. The van der Waals surface area contributed by atoms with Crippen LogP contribution in [-0.2, 0) is 0 Å². The molecular formula is C12H20N2S. The van der Waals surface area contributed by atoms with Gasteiger partial charge in [-0.2, -0.15) is 0 Å². The molecular weight excluding hydrogens is 204 g/mol. The Balaban J connectivity index is 1.85. The topological polar surface area (TPSA) is 24.9 Å². The fourth-order valence-electron chi connectivity index (χ4n) is 2.51. The summed E-state index contributed by atoms with van der Waals surface area (Å²) in [5.74, 6) is 0.882. The summed E-state index contributed by atoms with van der Waals surface area (Å²) in [4.78, 5) is 4.35. The summed E-state index contributed by atoms with van der Waals surface area (Å²) in [6, 6.07) is 1.03. The first-order valence-corrected chi connectivity index (χ1v) is 6.81. The Morgan fingerprint density at radius 2 is 2.13 bits per heavy atom. The van der Waals surface area contributed by atoms with Crippen molar-refractivity contribution in [1.29, 1.82) is 0 Å². The Hall–Kier alpha value is -0.410. The minimum absolute atomic E-state index is 0.403. The summed E-state index contributed by atoms with van der Waals surface area (Å²) in [6.45, 7) is 4.53. The number of thiazole rings is 1. The van der Waals surface area contributed by atoms with Gasteiger partial charge < -0.3 is 5.32 Å². The van der Waals surface area contributed by atoms with Crippen LogP contribution in [0.2, 0.25) is 0 Å². The molecule has 2 unspecified atom stereocenters. The van der Waals surface area contributed by atoms with Crippen LogP contribution in [0.5, 0.6) is 0 Å². The SMILES string of the molecule is CC(NC(C)C1CCCC1)c1nccs1. The monoisotopic (exact) mass is 224 g/mol. The summed E-state index contributed by atoms with van der Waals surface area (Å²) in [5.41, 5.74) is 0. The molecule has 1 aromatic heterocycles. The quantitative estimate of drug-likeness (QED) is 0.848. The van der Waals surface area contributed by atoms with Crippen LogP contribution >= 0.6 is 11.3 Å². The summed E-state index contributed by atoms with van der Waals surface area (Å²) < 4.78 is 0. The Morgan fingerprint density at radius 1 is 1.40 bits per heavy atom. The van der Waals surface area contributed by atoms with E-state index in [0.717, 1.165) is 5.92 Å². The van der Waals surface area contributed by atoms with Crippen molar-refractivity contribution < 1.29 is 0 Å². The molecule has 0 radical (unpaired) electrons. The molecule has 0 amide bonds. The van der Waals surface area contributed by atoms with E-state index in [0.29, 0.717) is 12.1 Å². The van der Waals surface area contributed by atoms with E-state index in [-0.39, 0.29) is 0 Å². The highest BCUT2D eigenvalue weighted by atomic mass is 32.1. The van der Waals surface area contributed by atoms with Gasteiger partial charge in [0.05, 0.1) is 6.04 Å². The molecule has 0 saturated heterocycles. The second-order valence-corrected chi connectivity index (χ2v) is 5.52. The van der Waals surface area contributed by atoms with Crippen LogP contribution in [0.25, 0.3) is 0 Å². The van der Waals surface area contributed by atoms with Crippen molar-refractivity contribution in [2.45, 2.75) is 51.6 Å². The van der Waals surface area contributed by atoms with Crippen LogP contribution < -0.4 is 5.32 Å². The number of hydrogen-bond acceptors (Lipinski definition) is 3. The zero-order chi connectivity index (χ0) is 10.7. The lowest BCUT2D eigenvalue weighted by molar-refractivity contribution is 0.352. The number of aromatic nitrogens is 1. The van der Waals surface area contributed by atoms with E-state index in [1.54, 1.807) is 11.3 Å². The maximum absolute atomic E-state index is 4.35. The fourth-order valence-corrected chi connectivity index (χ4v) is 3.16. The lowest BCUT2D eigenvalue weighted by Crippen LogP contribution is -2.34. The Morgan fingerprint density at radius 3 is 2.73 bits per heavy atom. The van der Waals surface area contributed by atoms with Crippen molar-refractivity contribution in [2.75, 3.05) is 0 Å². The predicted octanol–water partition coefficient (Wildman–Crippen LogP) is 3.37. The normalized spacial score (nSPS) is 21.7. The molecule has 2 rings (SSSR count).